The minimum absolute atomic E-state index is 0.739. The fourth-order valence-corrected chi connectivity index (χ4v) is 3.93. The molecule has 2 atom stereocenters. The molecule has 0 bridgehead atoms. The normalized spacial score (nSPS) is 28.3. The fourth-order valence-electron chi connectivity index (χ4n) is 3.93. The Hall–Kier alpha value is -1.02. The second-order valence-electron chi connectivity index (χ2n) is 7.07. The number of rotatable bonds is 3. The average molecular weight is 286 g/mol. The van der Waals surface area contributed by atoms with Gasteiger partial charge < -0.3 is 10.2 Å². The minimum atomic E-state index is 0.739. The molecule has 0 radical (unpaired) electrons. The molecule has 2 heteroatoms. The van der Waals surface area contributed by atoms with Crippen LogP contribution >= 0.6 is 0 Å². The average Bonchev–Trinajstić information content (AvgIpc) is 2.74. The number of benzene rings is 1. The molecule has 2 unspecified atom stereocenters. The Bertz CT molecular complexity index is 409. The summed E-state index contributed by atoms with van der Waals surface area (Å²) in [4.78, 5) is 2.54. The third-order valence-electron chi connectivity index (χ3n) is 5.35. The molecule has 0 spiro atoms. The SMILES string of the molecule is CC1CCCC(NC2CCN(c3ccccc3)CC2)CC1. The molecule has 21 heavy (non-hydrogen) atoms. The van der Waals surface area contributed by atoms with Crippen LogP contribution in [0.2, 0.25) is 0 Å². The van der Waals surface area contributed by atoms with E-state index in [2.05, 4.69) is 47.5 Å². The first-order chi connectivity index (χ1) is 10.3. The van der Waals surface area contributed by atoms with Gasteiger partial charge in [0.1, 0.15) is 0 Å². The number of nitrogens with one attached hydrogen (secondary N) is 1. The number of piperidine rings is 1. The molecule has 2 fully saturated rings. The van der Waals surface area contributed by atoms with Crippen molar-refractivity contribution in [1.29, 1.82) is 0 Å². The van der Waals surface area contributed by atoms with E-state index in [-0.39, 0.29) is 0 Å². The van der Waals surface area contributed by atoms with Gasteiger partial charge in [-0.1, -0.05) is 38.0 Å². The Labute approximate surface area is 129 Å². The van der Waals surface area contributed by atoms with Crippen molar-refractivity contribution in [3.05, 3.63) is 30.3 Å². The highest BCUT2D eigenvalue weighted by Crippen LogP contribution is 2.25. The van der Waals surface area contributed by atoms with Gasteiger partial charge in [-0.05, 0) is 50.2 Å². The largest absolute Gasteiger partial charge is 0.371 e. The van der Waals surface area contributed by atoms with E-state index >= 15 is 0 Å². The fraction of sp³-hybridized carbons (Fsp3) is 0.684. The lowest BCUT2D eigenvalue weighted by molar-refractivity contribution is 0.343. The van der Waals surface area contributed by atoms with Gasteiger partial charge in [-0.2, -0.15) is 0 Å². The topological polar surface area (TPSA) is 15.3 Å². The van der Waals surface area contributed by atoms with Crippen LogP contribution in [-0.2, 0) is 0 Å². The molecule has 116 valence electrons. The molecule has 1 aliphatic heterocycles. The van der Waals surface area contributed by atoms with Gasteiger partial charge >= 0.3 is 0 Å². The Kier molecular flexibility index (Phi) is 5.18. The molecule has 0 aromatic heterocycles. The highest BCUT2D eigenvalue weighted by molar-refractivity contribution is 5.46. The number of hydrogen-bond acceptors (Lipinski definition) is 2. The van der Waals surface area contributed by atoms with Gasteiger partial charge in [0.25, 0.3) is 0 Å². The first-order valence-corrected chi connectivity index (χ1v) is 8.87. The smallest absolute Gasteiger partial charge is 0.0366 e. The highest BCUT2D eigenvalue weighted by atomic mass is 15.1. The number of nitrogens with zero attached hydrogens (tertiary/aromatic N) is 1. The second kappa shape index (κ2) is 7.31. The van der Waals surface area contributed by atoms with Crippen molar-refractivity contribution in [3.8, 4) is 0 Å². The van der Waals surface area contributed by atoms with Crippen LogP contribution in [0.1, 0.15) is 51.9 Å². The predicted octanol–water partition coefficient (Wildman–Crippen LogP) is 4.21. The predicted molar refractivity (Wildman–Crippen MR) is 90.8 cm³/mol. The van der Waals surface area contributed by atoms with Crippen LogP contribution in [0.5, 0.6) is 0 Å². The maximum Gasteiger partial charge on any atom is 0.0366 e. The lowest BCUT2D eigenvalue weighted by Gasteiger charge is -2.35. The van der Waals surface area contributed by atoms with Gasteiger partial charge in [0, 0.05) is 30.9 Å². The van der Waals surface area contributed by atoms with Gasteiger partial charge in [-0.25, -0.2) is 0 Å². The van der Waals surface area contributed by atoms with Gasteiger partial charge in [0.2, 0.25) is 0 Å². The van der Waals surface area contributed by atoms with Gasteiger partial charge in [-0.15, -0.1) is 0 Å². The summed E-state index contributed by atoms with van der Waals surface area (Å²) in [6.07, 6.45) is 9.64. The van der Waals surface area contributed by atoms with Crippen LogP contribution in [-0.4, -0.2) is 25.2 Å². The van der Waals surface area contributed by atoms with E-state index in [1.165, 1.54) is 63.7 Å². The summed E-state index contributed by atoms with van der Waals surface area (Å²) < 4.78 is 0. The zero-order valence-electron chi connectivity index (χ0n) is 13.4. The van der Waals surface area contributed by atoms with Crippen molar-refractivity contribution in [2.75, 3.05) is 18.0 Å². The van der Waals surface area contributed by atoms with E-state index in [4.69, 9.17) is 0 Å². The molecule has 1 saturated carbocycles. The van der Waals surface area contributed by atoms with E-state index in [1.807, 2.05) is 0 Å². The second-order valence-corrected chi connectivity index (χ2v) is 7.07. The molecule has 1 saturated heterocycles. The Balaban J connectivity index is 1.45. The summed E-state index contributed by atoms with van der Waals surface area (Å²) in [5, 5.41) is 3.96. The van der Waals surface area contributed by atoms with Crippen molar-refractivity contribution in [2.45, 2.75) is 64.0 Å². The Morgan fingerprint density at radius 3 is 2.33 bits per heavy atom. The third-order valence-corrected chi connectivity index (χ3v) is 5.35. The van der Waals surface area contributed by atoms with E-state index < -0.39 is 0 Å². The monoisotopic (exact) mass is 286 g/mol. The van der Waals surface area contributed by atoms with Crippen molar-refractivity contribution in [2.24, 2.45) is 5.92 Å². The molecule has 3 rings (SSSR count). The summed E-state index contributed by atoms with van der Waals surface area (Å²) in [6, 6.07) is 12.4. The van der Waals surface area contributed by atoms with Crippen LogP contribution in [0.4, 0.5) is 5.69 Å². The maximum atomic E-state index is 3.96. The number of hydrogen-bond donors (Lipinski definition) is 1. The third kappa shape index (κ3) is 4.23. The van der Waals surface area contributed by atoms with E-state index in [9.17, 15) is 0 Å². The van der Waals surface area contributed by atoms with Crippen molar-refractivity contribution in [3.63, 3.8) is 0 Å². The molecular formula is C19H30N2. The van der Waals surface area contributed by atoms with Crippen LogP contribution in [0.15, 0.2) is 30.3 Å². The van der Waals surface area contributed by atoms with Crippen LogP contribution in [0.3, 0.4) is 0 Å². The summed E-state index contributed by atoms with van der Waals surface area (Å²) in [7, 11) is 0. The molecule has 1 aromatic carbocycles. The first-order valence-electron chi connectivity index (χ1n) is 8.87. The number of para-hydroxylation sites is 1. The first kappa shape index (κ1) is 14.9. The van der Waals surface area contributed by atoms with Crippen LogP contribution in [0, 0.1) is 5.92 Å². The molecule has 1 aromatic rings. The standard InChI is InChI=1S/C19H30N2/c1-16-6-5-7-17(11-10-16)20-18-12-14-21(15-13-18)19-8-3-2-4-9-19/h2-4,8-9,16-18,20H,5-7,10-15H2,1H3. The lowest BCUT2D eigenvalue weighted by Crippen LogP contribution is -2.46. The van der Waals surface area contributed by atoms with Crippen LogP contribution in [0.25, 0.3) is 0 Å². The molecule has 2 aliphatic rings. The highest BCUT2D eigenvalue weighted by Gasteiger charge is 2.23. The molecule has 1 aliphatic carbocycles. The molecule has 2 nitrogen and oxygen atoms in total. The van der Waals surface area contributed by atoms with E-state index in [1.54, 1.807) is 0 Å². The summed E-state index contributed by atoms with van der Waals surface area (Å²) in [6.45, 7) is 4.82. The lowest BCUT2D eigenvalue weighted by atomic mass is 10.00. The van der Waals surface area contributed by atoms with Gasteiger partial charge in [0.05, 0.1) is 0 Å². The quantitative estimate of drug-likeness (QED) is 0.837. The van der Waals surface area contributed by atoms with E-state index in [0.29, 0.717) is 0 Å². The van der Waals surface area contributed by atoms with Crippen molar-refractivity contribution < 1.29 is 0 Å². The molecule has 0 amide bonds. The molecular weight excluding hydrogens is 256 g/mol. The van der Waals surface area contributed by atoms with E-state index in [0.717, 1.165) is 18.0 Å². The molecule has 1 heterocycles. The maximum absolute atomic E-state index is 3.96. The minimum Gasteiger partial charge on any atom is -0.371 e. The zero-order valence-corrected chi connectivity index (χ0v) is 13.4. The number of anilines is 1. The van der Waals surface area contributed by atoms with Gasteiger partial charge in [-0.3, -0.25) is 0 Å². The van der Waals surface area contributed by atoms with Crippen molar-refractivity contribution in [1.82, 2.24) is 5.32 Å². The van der Waals surface area contributed by atoms with Crippen molar-refractivity contribution >= 4 is 5.69 Å². The van der Waals surface area contributed by atoms with Gasteiger partial charge in [0.15, 0.2) is 0 Å². The van der Waals surface area contributed by atoms with Crippen LogP contribution < -0.4 is 10.2 Å². The molecule has 1 N–H and O–H groups in total. The summed E-state index contributed by atoms with van der Waals surface area (Å²) in [5.74, 6) is 0.941. The summed E-state index contributed by atoms with van der Waals surface area (Å²) >= 11 is 0. The Morgan fingerprint density at radius 2 is 1.57 bits per heavy atom. The zero-order chi connectivity index (χ0) is 14.5. The Morgan fingerprint density at radius 1 is 0.857 bits per heavy atom. The summed E-state index contributed by atoms with van der Waals surface area (Å²) in [5.41, 5.74) is 1.39.